The van der Waals surface area contributed by atoms with Crippen LogP contribution in [0.15, 0.2) is 12.3 Å². The lowest BCUT2D eigenvalue weighted by Gasteiger charge is -2.26. The number of fused-ring (bicyclic) bond motifs is 1. The van der Waals surface area contributed by atoms with Crippen LogP contribution in [0.25, 0.3) is 0 Å². The molecule has 4 heteroatoms. The fourth-order valence-corrected chi connectivity index (χ4v) is 1.76. The van der Waals surface area contributed by atoms with Crippen LogP contribution in [0.5, 0.6) is 0 Å². The number of carbonyl (C=O) groups excluding carboxylic acids is 1. The van der Waals surface area contributed by atoms with E-state index in [2.05, 4.69) is 22.5 Å². The normalized spacial score (nSPS) is 19.1. The third kappa shape index (κ3) is 1.79. The molecule has 15 heavy (non-hydrogen) atoms. The topological polar surface area (TPSA) is 54.0 Å². The molecule has 0 aliphatic carbocycles. The molecule has 1 aromatic rings. The highest BCUT2D eigenvalue weighted by molar-refractivity contribution is 6.02. The number of amides is 1. The number of anilines is 2. The molecule has 0 radical (unpaired) electrons. The minimum Gasteiger partial charge on any atom is -0.357 e. The van der Waals surface area contributed by atoms with Gasteiger partial charge in [0.1, 0.15) is 6.04 Å². The van der Waals surface area contributed by atoms with Crippen LogP contribution < -0.4 is 10.6 Å². The van der Waals surface area contributed by atoms with Crippen molar-refractivity contribution < 1.29 is 4.79 Å². The molecule has 1 amide bonds. The first kappa shape index (κ1) is 9.96. The average molecular weight is 205 g/mol. The number of pyridine rings is 1. The molecule has 2 N–H and O–H groups in total. The Morgan fingerprint density at radius 1 is 1.53 bits per heavy atom. The average Bonchev–Trinajstić information content (AvgIpc) is 2.21. The van der Waals surface area contributed by atoms with Crippen LogP contribution in [-0.4, -0.2) is 16.9 Å². The summed E-state index contributed by atoms with van der Waals surface area (Å²) in [5.41, 5.74) is 1.85. The fourth-order valence-electron chi connectivity index (χ4n) is 1.76. The van der Waals surface area contributed by atoms with E-state index in [4.69, 9.17) is 0 Å². The van der Waals surface area contributed by atoms with E-state index < -0.39 is 0 Å². The molecule has 4 nitrogen and oxygen atoms in total. The Balaban J connectivity index is 2.30. The van der Waals surface area contributed by atoms with E-state index >= 15 is 0 Å². The summed E-state index contributed by atoms with van der Waals surface area (Å²) in [7, 11) is 0. The van der Waals surface area contributed by atoms with Crippen LogP contribution >= 0.6 is 0 Å². The summed E-state index contributed by atoms with van der Waals surface area (Å²) < 4.78 is 0. The Morgan fingerprint density at radius 3 is 3.07 bits per heavy atom. The van der Waals surface area contributed by atoms with Crippen LogP contribution in [0.2, 0.25) is 0 Å². The van der Waals surface area contributed by atoms with Crippen molar-refractivity contribution in [1.29, 1.82) is 0 Å². The molecular weight excluding hydrogens is 190 g/mol. The predicted molar refractivity (Wildman–Crippen MR) is 59.9 cm³/mol. The first-order valence-corrected chi connectivity index (χ1v) is 5.25. The number of hydrogen-bond donors (Lipinski definition) is 2. The lowest BCUT2D eigenvalue weighted by molar-refractivity contribution is -0.117. The van der Waals surface area contributed by atoms with Crippen molar-refractivity contribution in [2.24, 2.45) is 0 Å². The molecule has 2 rings (SSSR count). The second-order valence-electron chi connectivity index (χ2n) is 3.83. The van der Waals surface area contributed by atoms with E-state index in [-0.39, 0.29) is 11.9 Å². The van der Waals surface area contributed by atoms with Gasteiger partial charge in [0, 0.05) is 6.20 Å². The highest BCUT2D eigenvalue weighted by Crippen LogP contribution is 2.28. The molecule has 0 fully saturated rings. The zero-order chi connectivity index (χ0) is 10.8. The first-order valence-electron chi connectivity index (χ1n) is 5.25. The van der Waals surface area contributed by atoms with Gasteiger partial charge in [0.25, 0.3) is 0 Å². The van der Waals surface area contributed by atoms with E-state index in [0.717, 1.165) is 29.9 Å². The quantitative estimate of drug-likeness (QED) is 0.775. The first-order chi connectivity index (χ1) is 7.22. The van der Waals surface area contributed by atoms with Crippen molar-refractivity contribution >= 4 is 17.4 Å². The summed E-state index contributed by atoms with van der Waals surface area (Å²) in [6, 6.07) is 1.75. The smallest absolute Gasteiger partial charge is 0.247 e. The van der Waals surface area contributed by atoms with Gasteiger partial charge in [-0.1, -0.05) is 13.3 Å². The second-order valence-corrected chi connectivity index (χ2v) is 3.83. The van der Waals surface area contributed by atoms with E-state index in [0.29, 0.717) is 0 Å². The van der Waals surface area contributed by atoms with Crippen LogP contribution in [0, 0.1) is 6.92 Å². The Hall–Kier alpha value is -1.58. The third-order valence-corrected chi connectivity index (χ3v) is 2.61. The molecule has 1 aromatic heterocycles. The van der Waals surface area contributed by atoms with Gasteiger partial charge in [-0.05, 0) is 25.0 Å². The van der Waals surface area contributed by atoms with E-state index in [9.17, 15) is 4.79 Å². The van der Waals surface area contributed by atoms with Crippen molar-refractivity contribution in [2.75, 3.05) is 10.6 Å². The summed E-state index contributed by atoms with van der Waals surface area (Å²) >= 11 is 0. The van der Waals surface area contributed by atoms with Gasteiger partial charge in [-0.3, -0.25) is 4.79 Å². The molecule has 1 unspecified atom stereocenters. The summed E-state index contributed by atoms with van der Waals surface area (Å²) in [6.07, 6.45) is 3.56. The number of aryl methyl sites for hydroxylation is 1. The lowest BCUT2D eigenvalue weighted by Crippen LogP contribution is -2.39. The predicted octanol–water partition coefficient (Wildman–Crippen LogP) is 1.92. The lowest BCUT2D eigenvalue weighted by atomic mass is 10.1. The molecule has 2 heterocycles. The second kappa shape index (κ2) is 3.88. The van der Waals surface area contributed by atoms with Crippen molar-refractivity contribution in [2.45, 2.75) is 32.7 Å². The summed E-state index contributed by atoms with van der Waals surface area (Å²) in [5.74, 6) is 0.827. The number of nitrogens with one attached hydrogen (secondary N) is 2. The standard InChI is InChI=1S/C11H15N3O/c1-3-4-8-11(15)14-9-7(2)5-6-12-10(9)13-8/h5-6,8H,3-4H2,1-2H3,(H,12,13)(H,14,15). The maximum Gasteiger partial charge on any atom is 0.247 e. The van der Waals surface area contributed by atoms with Crippen LogP contribution in [0.3, 0.4) is 0 Å². The van der Waals surface area contributed by atoms with Crippen LogP contribution in [0.4, 0.5) is 11.5 Å². The number of carbonyl (C=O) groups is 1. The van der Waals surface area contributed by atoms with Gasteiger partial charge < -0.3 is 10.6 Å². The fraction of sp³-hybridized carbons (Fsp3) is 0.455. The number of hydrogen-bond acceptors (Lipinski definition) is 3. The highest BCUT2D eigenvalue weighted by atomic mass is 16.2. The minimum atomic E-state index is -0.142. The Bertz CT molecular complexity index is 389. The van der Waals surface area contributed by atoms with Gasteiger partial charge in [0.05, 0.1) is 5.69 Å². The Kier molecular flexibility index (Phi) is 2.58. The van der Waals surface area contributed by atoms with E-state index in [1.807, 2.05) is 13.0 Å². The van der Waals surface area contributed by atoms with E-state index in [1.165, 1.54) is 0 Å². The van der Waals surface area contributed by atoms with E-state index in [1.54, 1.807) is 6.20 Å². The van der Waals surface area contributed by atoms with Gasteiger partial charge >= 0.3 is 0 Å². The van der Waals surface area contributed by atoms with Gasteiger partial charge in [0.2, 0.25) is 5.91 Å². The molecule has 0 aromatic carbocycles. The largest absolute Gasteiger partial charge is 0.357 e. The number of nitrogens with zero attached hydrogens (tertiary/aromatic N) is 1. The monoisotopic (exact) mass is 205 g/mol. The molecule has 1 atom stereocenters. The molecule has 1 aliphatic rings. The van der Waals surface area contributed by atoms with Gasteiger partial charge in [-0.15, -0.1) is 0 Å². The Morgan fingerprint density at radius 2 is 2.33 bits per heavy atom. The highest BCUT2D eigenvalue weighted by Gasteiger charge is 2.25. The van der Waals surface area contributed by atoms with Crippen molar-refractivity contribution in [3.8, 4) is 0 Å². The molecule has 1 aliphatic heterocycles. The molecule has 80 valence electrons. The van der Waals surface area contributed by atoms with Gasteiger partial charge in [-0.2, -0.15) is 0 Å². The molecule has 0 saturated heterocycles. The van der Waals surface area contributed by atoms with Crippen molar-refractivity contribution in [3.05, 3.63) is 17.8 Å². The molecular formula is C11H15N3O. The maximum atomic E-state index is 11.7. The van der Waals surface area contributed by atoms with Gasteiger partial charge in [0.15, 0.2) is 5.82 Å². The van der Waals surface area contributed by atoms with Crippen LogP contribution in [-0.2, 0) is 4.79 Å². The van der Waals surface area contributed by atoms with Crippen LogP contribution in [0.1, 0.15) is 25.3 Å². The summed E-state index contributed by atoms with van der Waals surface area (Å²) in [4.78, 5) is 15.9. The minimum absolute atomic E-state index is 0.0421. The SMILES string of the molecule is CCCC1Nc2nccc(C)c2NC1=O. The van der Waals surface area contributed by atoms with Crippen molar-refractivity contribution in [1.82, 2.24) is 4.98 Å². The molecule has 0 bridgehead atoms. The number of aromatic nitrogens is 1. The van der Waals surface area contributed by atoms with Gasteiger partial charge in [-0.25, -0.2) is 4.98 Å². The number of rotatable bonds is 2. The zero-order valence-electron chi connectivity index (χ0n) is 9.00. The summed E-state index contributed by atoms with van der Waals surface area (Å²) in [6.45, 7) is 4.02. The maximum absolute atomic E-state index is 11.7. The third-order valence-electron chi connectivity index (χ3n) is 2.61. The summed E-state index contributed by atoms with van der Waals surface area (Å²) in [5, 5.41) is 6.06. The Labute approximate surface area is 89.1 Å². The molecule has 0 saturated carbocycles. The zero-order valence-corrected chi connectivity index (χ0v) is 9.00. The molecule has 0 spiro atoms. The van der Waals surface area contributed by atoms with Crippen molar-refractivity contribution in [3.63, 3.8) is 0 Å².